The Morgan fingerprint density at radius 1 is 1.08 bits per heavy atom. The summed E-state index contributed by atoms with van der Waals surface area (Å²) >= 11 is 0. The van der Waals surface area contributed by atoms with Crippen LogP contribution in [0.1, 0.15) is 48.5 Å². The van der Waals surface area contributed by atoms with E-state index >= 15 is 0 Å². The molecule has 1 amide bonds. The lowest BCUT2D eigenvalue weighted by Crippen LogP contribution is -2.31. The van der Waals surface area contributed by atoms with Crippen LogP contribution in [0.4, 0.5) is 5.69 Å². The zero-order chi connectivity index (χ0) is 17.5. The number of amides is 1. The Morgan fingerprint density at radius 3 is 2.48 bits per heavy atom. The average Bonchev–Trinajstić information content (AvgIpc) is 2.96. The second kappa shape index (κ2) is 8.65. The first-order valence-corrected chi connectivity index (χ1v) is 9.31. The Labute approximate surface area is 150 Å². The molecule has 1 aromatic heterocycles. The van der Waals surface area contributed by atoms with Gasteiger partial charge in [-0.1, -0.05) is 43.2 Å². The van der Waals surface area contributed by atoms with Gasteiger partial charge in [0.25, 0.3) is 5.91 Å². The average molecular weight is 337 g/mol. The van der Waals surface area contributed by atoms with E-state index in [9.17, 15) is 4.79 Å². The van der Waals surface area contributed by atoms with E-state index in [1.165, 1.54) is 25.7 Å². The summed E-state index contributed by atoms with van der Waals surface area (Å²) in [7, 11) is 0. The maximum Gasteiger partial charge on any atom is 0.255 e. The van der Waals surface area contributed by atoms with E-state index in [1.54, 1.807) is 6.20 Å². The van der Waals surface area contributed by atoms with Crippen molar-refractivity contribution >= 4 is 11.6 Å². The molecule has 1 aliphatic rings. The normalized spacial score (nSPS) is 14.8. The lowest BCUT2D eigenvalue weighted by molar-refractivity contribution is 0.0752. The monoisotopic (exact) mass is 337 g/mol. The Hall–Kier alpha value is -2.36. The Bertz CT molecular complexity index is 679. The molecule has 1 aromatic carbocycles. The van der Waals surface area contributed by atoms with Gasteiger partial charge in [-0.2, -0.15) is 0 Å². The minimum Gasteiger partial charge on any atom is -0.370 e. The maximum absolute atomic E-state index is 13.0. The van der Waals surface area contributed by atoms with Crippen molar-refractivity contribution in [3.05, 3.63) is 59.9 Å². The van der Waals surface area contributed by atoms with E-state index in [-0.39, 0.29) is 5.91 Å². The van der Waals surface area contributed by atoms with Gasteiger partial charge in [-0.3, -0.25) is 9.78 Å². The van der Waals surface area contributed by atoms with Crippen LogP contribution in [0.2, 0.25) is 0 Å². The Balaban J connectivity index is 1.75. The third-order valence-electron chi connectivity index (χ3n) is 4.83. The lowest BCUT2D eigenvalue weighted by atomic mass is 10.1. The summed E-state index contributed by atoms with van der Waals surface area (Å²) in [6.07, 6.45) is 8.60. The third-order valence-corrected chi connectivity index (χ3v) is 4.83. The van der Waals surface area contributed by atoms with Crippen LogP contribution in [0.3, 0.4) is 0 Å². The molecule has 2 aromatic rings. The second-order valence-electron chi connectivity index (χ2n) is 6.64. The standard InChI is InChI=1S/C21H27N3O/c1-2-23(17-18-10-6-5-7-11-18)21(25)19-14-20(16-22-15-19)24-12-8-3-4-9-13-24/h5-7,10-11,14-16H,2-4,8-9,12-13,17H2,1H3. The van der Waals surface area contributed by atoms with Crippen molar-refractivity contribution < 1.29 is 4.79 Å². The van der Waals surface area contributed by atoms with Crippen LogP contribution >= 0.6 is 0 Å². The van der Waals surface area contributed by atoms with Crippen molar-refractivity contribution in [1.29, 1.82) is 0 Å². The predicted molar refractivity (Wildman–Crippen MR) is 102 cm³/mol. The highest BCUT2D eigenvalue weighted by molar-refractivity contribution is 5.94. The molecule has 0 saturated carbocycles. The van der Waals surface area contributed by atoms with Crippen LogP contribution in [-0.2, 0) is 6.54 Å². The highest BCUT2D eigenvalue weighted by Gasteiger charge is 2.17. The number of hydrogen-bond acceptors (Lipinski definition) is 3. The zero-order valence-electron chi connectivity index (χ0n) is 15.0. The Kier molecular flexibility index (Phi) is 6.04. The fourth-order valence-corrected chi connectivity index (χ4v) is 3.36. The summed E-state index contributed by atoms with van der Waals surface area (Å²) in [6, 6.07) is 12.1. The number of carbonyl (C=O) groups excluding carboxylic acids is 1. The molecule has 1 fully saturated rings. The molecule has 3 rings (SSSR count). The third kappa shape index (κ3) is 4.59. The predicted octanol–water partition coefficient (Wildman–Crippen LogP) is 4.12. The van der Waals surface area contributed by atoms with Crippen molar-refractivity contribution in [3.8, 4) is 0 Å². The first-order valence-electron chi connectivity index (χ1n) is 9.31. The molecule has 132 valence electrons. The van der Waals surface area contributed by atoms with Gasteiger partial charge < -0.3 is 9.80 Å². The molecule has 0 spiro atoms. The van der Waals surface area contributed by atoms with E-state index in [4.69, 9.17) is 0 Å². The first kappa shape index (κ1) is 17.5. The quantitative estimate of drug-likeness (QED) is 0.823. The largest absolute Gasteiger partial charge is 0.370 e. The fraction of sp³-hybridized carbons (Fsp3) is 0.429. The number of hydrogen-bond donors (Lipinski definition) is 0. The van der Waals surface area contributed by atoms with Gasteiger partial charge in [-0.05, 0) is 31.4 Å². The van der Waals surface area contributed by atoms with Crippen molar-refractivity contribution in [1.82, 2.24) is 9.88 Å². The molecule has 4 heteroatoms. The van der Waals surface area contributed by atoms with Gasteiger partial charge in [-0.15, -0.1) is 0 Å². The van der Waals surface area contributed by atoms with E-state index in [1.807, 2.05) is 42.3 Å². The fourth-order valence-electron chi connectivity index (χ4n) is 3.36. The van der Waals surface area contributed by atoms with Crippen LogP contribution in [0.5, 0.6) is 0 Å². The number of carbonyl (C=O) groups is 1. The minimum atomic E-state index is 0.0514. The molecule has 4 nitrogen and oxygen atoms in total. The minimum absolute atomic E-state index is 0.0514. The molecule has 0 aliphatic carbocycles. The number of aromatic nitrogens is 1. The van der Waals surface area contributed by atoms with E-state index < -0.39 is 0 Å². The van der Waals surface area contributed by atoms with Crippen LogP contribution in [-0.4, -0.2) is 35.4 Å². The molecule has 0 bridgehead atoms. The summed E-state index contributed by atoms with van der Waals surface area (Å²) in [5.74, 6) is 0.0514. The molecule has 2 heterocycles. The summed E-state index contributed by atoms with van der Waals surface area (Å²) < 4.78 is 0. The highest BCUT2D eigenvalue weighted by Crippen LogP contribution is 2.20. The van der Waals surface area contributed by atoms with Crippen molar-refractivity contribution in [3.63, 3.8) is 0 Å². The zero-order valence-corrected chi connectivity index (χ0v) is 15.0. The van der Waals surface area contributed by atoms with Crippen LogP contribution in [0.15, 0.2) is 48.8 Å². The van der Waals surface area contributed by atoms with Gasteiger partial charge in [0.15, 0.2) is 0 Å². The molecule has 0 unspecified atom stereocenters. The summed E-state index contributed by atoms with van der Waals surface area (Å²) in [5.41, 5.74) is 2.90. The van der Waals surface area contributed by atoms with E-state index in [2.05, 4.69) is 22.0 Å². The van der Waals surface area contributed by atoms with Crippen molar-refractivity contribution in [2.24, 2.45) is 0 Å². The van der Waals surface area contributed by atoms with Gasteiger partial charge >= 0.3 is 0 Å². The van der Waals surface area contributed by atoms with E-state index in [0.717, 1.165) is 24.3 Å². The number of benzene rings is 1. The number of nitrogens with zero attached hydrogens (tertiary/aromatic N) is 3. The molecular weight excluding hydrogens is 310 g/mol. The molecule has 1 aliphatic heterocycles. The van der Waals surface area contributed by atoms with Gasteiger partial charge in [-0.25, -0.2) is 0 Å². The number of anilines is 1. The highest BCUT2D eigenvalue weighted by atomic mass is 16.2. The Morgan fingerprint density at radius 2 is 1.80 bits per heavy atom. The van der Waals surface area contributed by atoms with E-state index in [0.29, 0.717) is 18.7 Å². The number of pyridine rings is 1. The molecule has 0 N–H and O–H groups in total. The van der Waals surface area contributed by atoms with Gasteiger partial charge in [0, 0.05) is 32.4 Å². The molecule has 1 saturated heterocycles. The van der Waals surface area contributed by atoms with Crippen LogP contribution in [0.25, 0.3) is 0 Å². The maximum atomic E-state index is 13.0. The molecular formula is C21H27N3O. The van der Waals surface area contributed by atoms with Gasteiger partial charge in [0.1, 0.15) is 0 Å². The summed E-state index contributed by atoms with van der Waals surface area (Å²) in [5, 5.41) is 0. The molecule has 0 radical (unpaired) electrons. The smallest absolute Gasteiger partial charge is 0.255 e. The molecule has 0 atom stereocenters. The molecule has 25 heavy (non-hydrogen) atoms. The number of rotatable bonds is 5. The van der Waals surface area contributed by atoms with Crippen molar-refractivity contribution in [2.45, 2.75) is 39.2 Å². The topological polar surface area (TPSA) is 36.4 Å². The second-order valence-corrected chi connectivity index (χ2v) is 6.64. The van der Waals surface area contributed by atoms with Crippen molar-refractivity contribution in [2.75, 3.05) is 24.5 Å². The lowest BCUT2D eigenvalue weighted by Gasteiger charge is -2.24. The summed E-state index contributed by atoms with van der Waals surface area (Å²) in [4.78, 5) is 21.5. The van der Waals surface area contributed by atoms with Crippen LogP contribution in [0, 0.1) is 0 Å². The van der Waals surface area contributed by atoms with Gasteiger partial charge in [0.05, 0.1) is 17.4 Å². The summed E-state index contributed by atoms with van der Waals surface area (Å²) in [6.45, 7) is 5.44. The van der Waals surface area contributed by atoms with Gasteiger partial charge in [0.2, 0.25) is 0 Å². The first-order chi connectivity index (χ1) is 12.3. The van der Waals surface area contributed by atoms with Crippen LogP contribution < -0.4 is 4.90 Å². The SMILES string of the molecule is CCN(Cc1ccccc1)C(=O)c1cncc(N2CCCCCC2)c1.